The van der Waals surface area contributed by atoms with Crippen LogP contribution in [0.1, 0.15) is 15.9 Å². The van der Waals surface area contributed by atoms with Crippen LogP contribution < -0.4 is 0 Å². The Morgan fingerprint density at radius 2 is 1.68 bits per heavy atom. The lowest BCUT2D eigenvalue weighted by atomic mass is 10.00. The van der Waals surface area contributed by atoms with Gasteiger partial charge in [-0.05, 0) is 47.0 Å². The lowest BCUT2D eigenvalue weighted by Gasteiger charge is -2.12. The van der Waals surface area contributed by atoms with E-state index in [1.807, 2.05) is 0 Å². The second-order valence-electron chi connectivity index (χ2n) is 3.77. The van der Waals surface area contributed by atoms with Gasteiger partial charge in [0.1, 0.15) is 0 Å². The van der Waals surface area contributed by atoms with Crippen molar-refractivity contribution < 1.29 is 18.0 Å². The second-order valence-corrected chi connectivity index (χ2v) is 4.11. The Labute approximate surface area is 111 Å². The van der Waals surface area contributed by atoms with Gasteiger partial charge in [0.2, 0.25) is 0 Å². The molecule has 0 bridgehead atoms. The number of nitrogens with zero attached hydrogens (tertiary/aromatic N) is 1. The minimum Gasteiger partial charge on any atom is -0.276 e. The first kappa shape index (κ1) is 13.5. The van der Waals surface area contributed by atoms with Crippen molar-refractivity contribution in [3.8, 4) is 11.1 Å². The molecule has 0 fully saturated rings. The second kappa shape index (κ2) is 5.01. The molecule has 0 N–H and O–H groups in total. The van der Waals surface area contributed by atoms with Crippen molar-refractivity contribution >= 4 is 16.8 Å². The third kappa shape index (κ3) is 2.93. The van der Waals surface area contributed by atoms with Crippen LogP contribution in [0, 0.1) is 0 Å². The number of hydrogen-bond acceptors (Lipinski definition) is 2. The van der Waals surface area contributed by atoms with Crippen LogP contribution in [0.3, 0.4) is 0 Å². The Morgan fingerprint density at radius 3 is 2.21 bits per heavy atom. The van der Waals surface area contributed by atoms with Crippen LogP contribution in [0.15, 0.2) is 42.7 Å². The monoisotopic (exact) mass is 285 g/mol. The molecule has 0 aliphatic heterocycles. The minimum absolute atomic E-state index is 0.472. The van der Waals surface area contributed by atoms with Gasteiger partial charge in [-0.3, -0.25) is 9.78 Å². The highest BCUT2D eigenvalue weighted by molar-refractivity contribution is 6.68. The summed E-state index contributed by atoms with van der Waals surface area (Å²) in [6.07, 6.45) is -1.60. The number of alkyl halides is 3. The van der Waals surface area contributed by atoms with E-state index in [4.69, 9.17) is 11.6 Å². The van der Waals surface area contributed by atoms with Crippen LogP contribution in [0.5, 0.6) is 0 Å². The van der Waals surface area contributed by atoms with E-state index in [0.29, 0.717) is 11.1 Å². The first-order valence-corrected chi connectivity index (χ1v) is 5.59. The SMILES string of the molecule is O=C(Cl)c1cc(-c2ccncc2)ccc1C(F)(F)F. The largest absolute Gasteiger partial charge is 0.417 e. The van der Waals surface area contributed by atoms with Gasteiger partial charge in [-0.2, -0.15) is 13.2 Å². The molecule has 2 nitrogen and oxygen atoms in total. The van der Waals surface area contributed by atoms with Crippen LogP contribution in [-0.2, 0) is 6.18 Å². The van der Waals surface area contributed by atoms with Crippen molar-refractivity contribution in [2.75, 3.05) is 0 Å². The number of carbonyl (C=O) groups excluding carboxylic acids is 1. The van der Waals surface area contributed by atoms with Gasteiger partial charge in [-0.15, -0.1) is 0 Å². The number of rotatable bonds is 2. The molecule has 2 aromatic rings. The van der Waals surface area contributed by atoms with Crippen molar-refractivity contribution in [1.82, 2.24) is 4.98 Å². The van der Waals surface area contributed by atoms with Gasteiger partial charge in [0.15, 0.2) is 0 Å². The van der Waals surface area contributed by atoms with Crippen molar-refractivity contribution in [1.29, 1.82) is 0 Å². The highest BCUT2D eigenvalue weighted by Gasteiger charge is 2.34. The zero-order chi connectivity index (χ0) is 14.0. The fourth-order valence-corrected chi connectivity index (χ4v) is 1.83. The first-order valence-electron chi connectivity index (χ1n) is 5.21. The molecule has 98 valence electrons. The fourth-order valence-electron chi connectivity index (χ4n) is 1.68. The standard InChI is InChI=1S/C13H7ClF3NO/c14-12(19)10-7-9(8-3-5-18-6-4-8)1-2-11(10)13(15,16)17/h1-7H. The summed E-state index contributed by atoms with van der Waals surface area (Å²) in [4.78, 5) is 15.0. The molecular formula is C13H7ClF3NO. The zero-order valence-electron chi connectivity index (χ0n) is 9.41. The summed E-state index contributed by atoms with van der Waals surface area (Å²) in [5.41, 5.74) is -0.462. The molecule has 0 atom stereocenters. The molecule has 19 heavy (non-hydrogen) atoms. The topological polar surface area (TPSA) is 30.0 Å². The van der Waals surface area contributed by atoms with Gasteiger partial charge in [0.05, 0.1) is 5.56 Å². The first-order chi connectivity index (χ1) is 8.89. The maximum absolute atomic E-state index is 12.7. The Hall–Kier alpha value is -1.88. The summed E-state index contributed by atoms with van der Waals surface area (Å²) in [5, 5.41) is -1.14. The highest BCUT2D eigenvalue weighted by Crippen LogP contribution is 2.34. The molecule has 0 radical (unpaired) electrons. The van der Waals surface area contributed by atoms with E-state index in [-0.39, 0.29) is 0 Å². The van der Waals surface area contributed by atoms with Gasteiger partial charge in [-0.1, -0.05) is 6.07 Å². The number of aromatic nitrogens is 1. The highest BCUT2D eigenvalue weighted by atomic mass is 35.5. The minimum atomic E-state index is -4.61. The number of hydrogen-bond donors (Lipinski definition) is 0. The van der Waals surface area contributed by atoms with Crippen LogP contribution in [-0.4, -0.2) is 10.2 Å². The van der Waals surface area contributed by atoms with Crippen LogP contribution in [0.4, 0.5) is 13.2 Å². The maximum atomic E-state index is 12.7. The number of halogens is 4. The molecule has 0 spiro atoms. The summed E-state index contributed by atoms with van der Waals surface area (Å²) in [6, 6.07) is 6.54. The average molecular weight is 286 g/mol. The van der Waals surface area contributed by atoms with E-state index in [1.54, 1.807) is 12.1 Å². The van der Waals surface area contributed by atoms with Crippen LogP contribution >= 0.6 is 11.6 Å². The van der Waals surface area contributed by atoms with Gasteiger partial charge >= 0.3 is 6.18 Å². The van der Waals surface area contributed by atoms with Gasteiger partial charge in [0, 0.05) is 18.0 Å². The maximum Gasteiger partial charge on any atom is 0.417 e. The molecule has 0 unspecified atom stereocenters. The molecule has 6 heteroatoms. The molecule has 1 aromatic carbocycles. The third-order valence-corrected chi connectivity index (χ3v) is 2.75. The van der Waals surface area contributed by atoms with E-state index in [2.05, 4.69) is 4.98 Å². The quantitative estimate of drug-likeness (QED) is 0.776. The van der Waals surface area contributed by atoms with E-state index >= 15 is 0 Å². The van der Waals surface area contributed by atoms with Gasteiger partial charge < -0.3 is 0 Å². The molecule has 0 aliphatic carbocycles. The van der Waals surface area contributed by atoms with E-state index in [1.165, 1.54) is 18.5 Å². The smallest absolute Gasteiger partial charge is 0.276 e. The predicted octanol–water partition coefficient (Wildman–Crippen LogP) is 4.15. The zero-order valence-corrected chi connectivity index (χ0v) is 10.2. The normalized spacial score (nSPS) is 11.4. The molecule has 2 rings (SSSR count). The summed E-state index contributed by atoms with van der Waals surface area (Å²) in [5.74, 6) is 0. The van der Waals surface area contributed by atoms with Gasteiger partial charge in [0.25, 0.3) is 5.24 Å². The summed E-state index contributed by atoms with van der Waals surface area (Å²) < 4.78 is 38.2. The Kier molecular flexibility index (Phi) is 3.57. The lowest BCUT2D eigenvalue weighted by Crippen LogP contribution is -2.10. The Bertz CT molecular complexity index is 611. The fraction of sp³-hybridized carbons (Fsp3) is 0.0769. The molecular weight excluding hydrogens is 279 g/mol. The van der Waals surface area contributed by atoms with Crippen LogP contribution in [0.25, 0.3) is 11.1 Å². The predicted molar refractivity (Wildman–Crippen MR) is 64.9 cm³/mol. The molecule has 0 aliphatic rings. The lowest BCUT2D eigenvalue weighted by molar-refractivity contribution is -0.137. The van der Waals surface area contributed by atoms with Crippen molar-refractivity contribution in [3.63, 3.8) is 0 Å². The number of carbonyl (C=O) groups is 1. The molecule has 0 amide bonds. The van der Waals surface area contributed by atoms with Crippen molar-refractivity contribution in [2.24, 2.45) is 0 Å². The Balaban J connectivity index is 2.58. The number of pyridine rings is 1. The molecule has 1 heterocycles. The third-order valence-electron chi connectivity index (χ3n) is 2.55. The summed E-state index contributed by atoms with van der Waals surface area (Å²) >= 11 is 5.22. The van der Waals surface area contributed by atoms with Crippen molar-refractivity contribution in [2.45, 2.75) is 6.18 Å². The van der Waals surface area contributed by atoms with Crippen LogP contribution in [0.2, 0.25) is 0 Å². The molecule has 0 saturated carbocycles. The van der Waals surface area contributed by atoms with E-state index in [9.17, 15) is 18.0 Å². The number of benzene rings is 1. The average Bonchev–Trinajstić information content (AvgIpc) is 2.38. The van der Waals surface area contributed by atoms with E-state index < -0.39 is 22.5 Å². The molecule has 1 aromatic heterocycles. The van der Waals surface area contributed by atoms with E-state index in [0.717, 1.165) is 12.1 Å². The molecule has 0 saturated heterocycles. The van der Waals surface area contributed by atoms with Crippen molar-refractivity contribution in [3.05, 3.63) is 53.9 Å². The summed E-state index contributed by atoms with van der Waals surface area (Å²) in [7, 11) is 0. The summed E-state index contributed by atoms with van der Waals surface area (Å²) in [6.45, 7) is 0. The Morgan fingerprint density at radius 1 is 1.05 bits per heavy atom. The van der Waals surface area contributed by atoms with Gasteiger partial charge in [-0.25, -0.2) is 0 Å².